The summed E-state index contributed by atoms with van der Waals surface area (Å²) in [5, 5.41) is 0. The van der Waals surface area contributed by atoms with Gasteiger partial charge in [0.05, 0.1) is 4.90 Å². The fourth-order valence-electron chi connectivity index (χ4n) is 0.725. The van der Waals surface area contributed by atoms with Gasteiger partial charge in [0.1, 0.15) is 5.94 Å². The Balaban J connectivity index is 2.99. The predicted octanol–water partition coefficient (Wildman–Crippen LogP) is 1.28. The maximum Gasteiger partial charge on any atom is 0.297 e. The van der Waals surface area contributed by atoms with Gasteiger partial charge < -0.3 is 0 Å². The van der Waals surface area contributed by atoms with Gasteiger partial charge in [-0.05, 0) is 12.1 Å². The topological polar surface area (TPSA) is 43.4 Å². The highest BCUT2D eigenvalue weighted by Gasteiger charge is 2.12. The third-order valence-electron chi connectivity index (χ3n) is 1.24. The predicted molar refractivity (Wildman–Crippen MR) is 48.6 cm³/mol. The van der Waals surface area contributed by atoms with Crippen molar-refractivity contribution in [2.45, 2.75) is 4.90 Å². The fraction of sp³-hybridized carbons (Fsp3) is 0.143. The van der Waals surface area contributed by atoms with E-state index in [4.69, 9.17) is 0 Å². The van der Waals surface area contributed by atoms with Gasteiger partial charge in [-0.15, -0.1) is 12.6 Å². The first-order valence-electron chi connectivity index (χ1n) is 3.22. The monoisotopic (exact) mass is 204 g/mol. The third kappa shape index (κ3) is 2.23. The number of hydrogen-bond donors (Lipinski definition) is 1. The summed E-state index contributed by atoms with van der Waals surface area (Å²) in [6.07, 6.45) is 0. The summed E-state index contributed by atoms with van der Waals surface area (Å²) in [6, 6.07) is 7.95. The van der Waals surface area contributed by atoms with Crippen molar-refractivity contribution in [1.29, 1.82) is 0 Å². The molecule has 0 heterocycles. The van der Waals surface area contributed by atoms with Crippen LogP contribution in [0.15, 0.2) is 35.2 Å². The second kappa shape index (κ2) is 3.93. The highest BCUT2D eigenvalue weighted by molar-refractivity contribution is 7.87. The van der Waals surface area contributed by atoms with Crippen LogP contribution in [0.5, 0.6) is 0 Å². The largest absolute Gasteiger partial charge is 0.297 e. The highest BCUT2D eigenvalue weighted by atomic mass is 32.2. The minimum atomic E-state index is -3.59. The van der Waals surface area contributed by atoms with Crippen molar-refractivity contribution in [2.75, 3.05) is 5.94 Å². The molecule has 0 aliphatic heterocycles. The van der Waals surface area contributed by atoms with Crippen LogP contribution in [0.3, 0.4) is 0 Å². The average Bonchev–Trinajstić information content (AvgIpc) is 2.06. The Bertz CT molecular complexity index is 331. The van der Waals surface area contributed by atoms with Crippen molar-refractivity contribution in [3.8, 4) is 0 Å². The van der Waals surface area contributed by atoms with Crippen molar-refractivity contribution in [3.05, 3.63) is 30.3 Å². The van der Waals surface area contributed by atoms with Crippen molar-refractivity contribution in [1.82, 2.24) is 0 Å². The van der Waals surface area contributed by atoms with Crippen LogP contribution in [0.1, 0.15) is 0 Å². The van der Waals surface area contributed by atoms with Crippen molar-refractivity contribution in [2.24, 2.45) is 0 Å². The molecule has 0 fully saturated rings. The molecule has 0 radical (unpaired) electrons. The smallest absolute Gasteiger partial charge is 0.256 e. The van der Waals surface area contributed by atoms with Gasteiger partial charge in [-0.2, -0.15) is 8.42 Å². The van der Waals surface area contributed by atoms with Crippen LogP contribution in [-0.4, -0.2) is 14.4 Å². The van der Waals surface area contributed by atoms with Crippen LogP contribution in [0.2, 0.25) is 0 Å². The van der Waals surface area contributed by atoms with Crippen molar-refractivity contribution in [3.63, 3.8) is 0 Å². The molecule has 3 nitrogen and oxygen atoms in total. The van der Waals surface area contributed by atoms with Crippen LogP contribution in [-0.2, 0) is 14.3 Å². The Morgan fingerprint density at radius 2 is 1.83 bits per heavy atom. The molecular weight excluding hydrogens is 196 g/mol. The molecular formula is C7H8O3S2. The minimum Gasteiger partial charge on any atom is -0.256 e. The third-order valence-corrected chi connectivity index (χ3v) is 2.82. The van der Waals surface area contributed by atoms with E-state index in [9.17, 15) is 8.42 Å². The fourth-order valence-corrected chi connectivity index (χ4v) is 1.91. The van der Waals surface area contributed by atoms with E-state index in [1.165, 1.54) is 12.1 Å². The Hall–Kier alpha value is -0.520. The van der Waals surface area contributed by atoms with E-state index < -0.39 is 10.1 Å². The molecule has 1 aromatic rings. The van der Waals surface area contributed by atoms with Gasteiger partial charge in [0.25, 0.3) is 10.1 Å². The van der Waals surface area contributed by atoms with E-state index in [2.05, 4.69) is 16.8 Å². The van der Waals surface area contributed by atoms with E-state index in [0.29, 0.717) is 0 Å². The zero-order chi connectivity index (χ0) is 9.03. The Morgan fingerprint density at radius 3 is 2.33 bits per heavy atom. The van der Waals surface area contributed by atoms with Gasteiger partial charge in [0, 0.05) is 0 Å². The van der Waals surface area contributed by atoms with Crippen LogP contribution in [0, 0.1) is 0 Å². The molecule has 0 aromatic heterocycles. The van der Waals surface area contributed by atoms with Crippen LogP contribution in [0.4, 0.5) is 0 Å². The van der Waals surface area contributed by atoms with Gasteiger partial charge in [-0.1, -0.05) is 18.2 Å². The standard InChI is InChI=1S/C7H8O3S2/c8-12(9,10-6-11)7-4-2-1-3-5-7/h1-5,11H,6H2. The zero-order valence-corrected chi connectivity index (χ0v) is 7.88. The molecule has 5 heteroatoms. The van der Waals surface area contributed by atoms with Crippen LogP contribution in [0.25, 0.3) is 0 Å². The summed E-state index contributed by atoms with van der Waals surface area (Å²) in [6.45, 7) is 0. The lowest BCUT2D eigenvalue weighted by Crippen LogP contribution is -2.04. The zero-order valence-electron chi connectivity index (χ0n) is 6.17. The van der Waals surface area contributed by atoms with Crippen molar-refractivity contribution < 1.29 is 12.6 Å². The molecule has 12 heavy (non-hydrogen) atoms. The normalized spacial score (nSPS) is 11.4. The molecule has 0 aliphatic carbocycles. The van der Waals surface area contributed by atoms with E-state index >= 15 is 0 Å². The first kappa shape index (κ1) is 9.57. The molecule has 0 saturated carbocycles. The maximum absolute atomic E-state index is 11.2. The molecule has 1 aromatic carbocycles. The Labute approximate surface area is 76.9 Å². The summed E-state index contributed by atoms with van der Waals surface area (Å²) >= 11 is 3.66. The van der Waals surface area contributed by atoms with Gasteiger partial charge in [-0.3, -0.25) is 4.18 Å². The van der Waals surface area contributed by atoms with E-state index in [1.807, 2.05) is 0 Å². The number of hydrogen-bond acceptors (Lipinski definition) is 4. The minimum absolute atomic E-state index is 0.142. The Morgan fingerprint density at radius 1 is 1.25 bits per heavy atom. The summed E-state index contributed by atoms with van der Waals surface area (Å²) in [5.74, 6) is -0.142. The summed E-state index contributed by atoms with van der Waals surface area (Å²) in [5.41, 5.74) is 0. The molecule has 0 saturated heterocycles. The van der Waals surface area contributed by atoms with Gasteiger partial charge in [0.2, 0.25) is 0 Å². The molecule has 0 unspecified atom stereocenters. The molecule has 0 aliphatic rings. The molecule has 0 amide bonds. The van der Waals surface area contributed by atoms with Gasteiger partial charge >= 0.3 is 0 Å². The number of thiol groups is 1. The molecule has 0 bridgehead atoms. The lowest BCUT2D eigenvalue weighted by atomic mass is 10.4. The lowest BCUT2D eigenvalue weighted by Gasteiger charge is -2.00. The first-order valence-corrected chi connectivity index (χ1v) is 5.26. The Kier molecular flexibility index (Phi) is 3.13. The average molecular weight is 204 g/mol. The maximum atomic E-state index is 11.2. The molecule has 0 N–H and O–H groups in total. The molecule has 0 atom stereocenters. The summed E-state index contributed by atoms with van der Waals surface area (Å²) in [7, 11) is -3.59. The van der Waals surface area contributed by atoms with Gasteiger partial charge in [0.15, 0.2) is 0 Å². The molecule has 0 spiro atoms. The first-order chi connectivity index (χ1) is 5.67. The lowest BCUT2D eigenvalue weighted by molar-refractivity contribution is 0.382. The summed E-state index contributed by atoms with van der Waals surface area (Å²) in [4.78, 5) is 0.152. The second-order valence-corrected chi connectivity index (χ2v) is 3.89. The van der Waals surface area contributed by atoms with Crippen LogP contribution < -0.4 is 0 Å². The number of rotatable bonds is 3. The number of benzene rings is 1. The van der Waals surface area contributed by atoms with E-state index in [1.54, 1.807) is 18.2 Å². The highest BCUT2D eigenvalue weighted by Crippen LogP contribution is 2.10. The van der Waals surface area contributed by atoms with Crippen LogP contribution >= 0.6 is 12.6 Å². The summed E-state index contributed by atoms with van der Waals surface area (Å²) < 4.78 is 26.8. The van der Waals surface area contributed by atoms with Gasteiger partial charge in [-0.25, -0.2) is 0 Å². The SMILES string of the molecule is O=S(=O)(OCS)c1ccccc1. The van der Waals surface area contributed by atoms with Crippen molar-refractivity contribution >= 4 is 22.7 Å². The quantitative estimate of drug-likeness (QED) is 0.458. The van der Waals surface area contributed by atoms with E-state index in [-0.39, 0.29) is 10.8 Å². The molecule has 1 rings (SSSR count). The van der Waals surface area contributed by atoms with E-state index in [0.717, 1.165) is 0 Å². The molecule has 66 valence electrons. The second-order valence-electron chi connectivity index (χ2n) is 2.01.